The van der Waals surface area contributed by atoms with E-state index in [2.05, 4.69) is 24.3 Å². The average molecular weight is 286 g/mol. The summed E-state index contributed by atoms with van der Waals surface area (Å²) in [5.41, 5.74) is 7.59. The molecule has 1 aromatic carbocycles. The molecule has 0 unspecified atom stereocenters. The Kier molecular flexibility index (Phi) is 6.03. The maximum absolute atomic E-state index is 11.6. The van der Waals surface area contributed by atoms with Crippen LogP contribution in [0.25, 0.3) is 0 Å². The molecule has 2 N–H and O–H groups in total. The number of hydrogen-bond donors (Lipinski definition) is 1. The van der Waals surface area contributed by atoms with Crippen LogP contribution in [0, 0.1) is 0 Å². The second-order valence-electron chi connectivity index (χ2n) is 5.05. The van der Waals surface area contributed by atoms with Crippen LogP contribution in [0.1, 0.15) is 18.4 Å². The summed E-state index contributed by atoms with van der Waals surface area (Å²) < 4.78 is 7.23. The fourth-order valence-corrected chi connectivity index (χ4v) is 2.19. The SMILES string of the molecule is Nc1ccc(=O)n(CCCOCCCc2ccccc2)c1. The van der Waals surface area contributed by atoms with Crippen LogP contribution in [-0.2, 0) is 17.7 Å². The minimum atomic E-state index is -0.0201. The molecule has 1 aromatic heterocycles. The highest BCUT2D eigenvalue weighted by Gasteiger charge is 1.97. The Morgan fingerprint density at radius 3 is 2.57 bits per heavy atom. The van der Waals surface area contributed by atoms with Crippen molar-refractivity contribution in [1.29, 1.82) is 0 Å². The van der Waals surface area contributed by atoms with E-state index in [1.165, 1.54) is 11.6 Å². The number of hydrogen-bond acceptors (Lipinski definition) is 3. The van der Waals surface area contributed by atoms with Gasteiger partial charge < -0.3 is 15.0 Å². The second kappa shape index (κ2) is 8.27. The number of aromatic nitrogens is 1. The number of aryl methyl sites for hydroxylation is 2. The lowest BCUT2D eigenvalue weighted by atomic mass is 10.1. The van der Waals surface area contributed by atoms with Gasteiger partial charge in [-0.3, -0.25) is 4.79 Å². The Labute approximate surface area is 125 Å². The monoisotopic (exact) mass is 286 g/mol. The highest BCUT2D eigenvalue weighted by atomic mass is 16.5. The molecule has 21 heavy (non-hydrogen) atoms. The first kappa shape index (κ1) is 15.3. The maximum atomic E-state index is 11.6. The first-order valence-electron chi connectivity index (χ1n) is 7.33. The van der Waals surface area contributed by atoms with Gasteiger partial charge in [0.05, 0.1) is 0 Å². The number of nitrogens with zero attached hydrogens (tertiary/aromatic N) is 1. The molecule has 2 aromatic rings. The predicted octanol–water partition coefficient (Wildman–Crippen LogP) is 2.47. The molecule has 0 aliphatic carbocycles. The van der Waals surface area contributed by atoms with Crippen molar-refractivity contribution >= 4 is 5.69 Å². The average Bonchev–Trinajstić information content (AvgIpc) is 2.50. The third-order valence-electron chi connectivity index (χ3n) is 3.29. The summed E-state index contributed by atoms with van der Waals surface area (Å²) in [6.45, 7) is 2.05. The van der Waals surface area contributed by atoms with Gasteiger partial charge in [-0.25, -0.2) is 0 Å². The molecular formula is C17H22N2O2. The Balaban J connectivity index is 1.58. The number of ether oxygens (including phenoxy) is 1. The lowest BCUT2D eigenvalue weighted by molar-refractivity contribution is 0.126. The van der Waals surface area contributed by atoms with Gasteiger partial charge in [0.15, 0.2) is 0 Å². The summed E-state index contributed by atoms with van der Waals surface area (Å²) in [6, 6.07) is 13.5. The summed E-state index contributed by atoms with van der Waals surface area (Å²) in [7, 11) is 0. The van der Waals surface area contributed by atoms with Gasteiger partial charge in [0.1, 0.15) is 0 Å². The van der Waals surface area contributed by atoms with E-state index in [1.807, 2.05) is 6.07 Å². The first-order valence-corrected chi connectivity index (χ1v) is 7.33. The molecule has 4 heteroatoms. The summed E-state index contributed by atoms with van der Waals surface area (Å²) in [5, 5.41) is 0. The molecule has 0 amide bonds. The summed E-state index contributed by atoms with van der Waals surface area (Å²) in [5.74, 6) is 0. The minimum Gasteiger partial charge on any atom is -0.398 e. The largest absolute Gasteiger partial charge is 0.398 e. The summed E-state index contributed by atoms with van der Waals surface area (Å²) in [4.78, 5) is 11.6. The van der Waals surface area contributed by atoms with Gasteiger partial charge in [0.25, 0.3) is 5.56 Å². The van der Waals surface area contributed by atoms with Crippen molar-refractivity contribution in [2.45, 2.75) is 25.8 Å². The Hall–Kier alpha value is -2.07. The van der Waals surface area contributed by atoms with Crippen molar-refractivity contribution < 1.29 is 4.74 Å². The fraction of sp³-hybridized carbons (Fsp3) is 0.353. The molecule has 0 bridgehead atoms. The quantitative estimate of drug-likeness (QED) is 0.758. The topological polar surface area (TPSA) is 57.2 Å². The Morgan fingerprint density at radius 2 is 1.76 bits per heavy atom. The van der Waals surface area contributed by atoms with E-state index in [9.17, 15) is 4.79 Å². The van der Waals surface area contributed by atoms with Gasteiger partial charge in [0, 0.05) is 37.7 Å². The molecule has 0 saturated carbocycles. The van der Waals surface area contributed by atoms with E-state index in [0.717, 1.165) is 25.9 Å². The standard InChI is InChI=1S/C17H22N2O2/c18-16-9-10-17(20)19(14-16)11-5-13-21-12-4-8-15-6-2-1-3-7-15/h1-3,6-7,9-10,14H,4-5,8,11-13,18H2. The number of benzene rings is 1. The smallest absolute Gasteiger partial charge is 0.250 e. The molecule has 0 radical (unpaired) electrons. The van der Waals surface area contributed by atoms with E-state index < -0.39 is 0 Å². The van der Waals surface area contributed by atoms with Crippen LogP contribution in [0.15, 0.2) is 53.5 Å². The number of anilines is 1. The third kappa shape index (κ3) is 5.44. The van der Waals surface area contributed by atoms with Gasteiger partial charge in [-0.1, -0.05) is 30.3 Å². The predicted molar refractivity (Wildman–Crippen MR) is 85.3 cm³/mol. The minimum absolute atomic E-state index is 0.0201. The molecule has 112 valence electrons. The van der Waals surface area contributed by atoms with Crippen molar-refractivity contribution in [1.82, 2.24) is 4.57 Å². The number of nitrogen functional groups attached to an aromatic ring is 1. The Morgan fingerprint density at radius 1 is 1.00 bits per heavy atom. The molecule has 0 aliphatic heterocycles. The zero-order chi connectivity index (χ0) is 14.9. The van der Waals surface area contributed by atoms with E-state index >= 15 is 0 Å². The molecule has 2 rings (SSSR count). The van der Waals surface area contributed by atoms with Crippen molar-refractivity contribution in [3.63, 3.8) is 0 Å². The molecule has 1 heterocycles. The lowest BCUT2D eigenvalue weighted by Crippen LogP contribution is -2.19. The van der Waals surface area contributed by atoms with Crippen LogP contribution in [0.4, 0.5) is 5.69 Å². The van der Waals surface area contributed by atoms with Gasteiger partial charge in [-0.15, -0.1) is 0 Å². The highest BCUT2D eigenvalue weighted by Crippen LogP contribution is 2.02. The van der Waals surface area contributed by atoms with Crippen LogP contribution in [-0.4, -0.2) is 17.8 Å². The van der Waals surface area contributed by atoms with Crippen molar-refractivity contribution in [2.24, 2.45) is 0 Å². The zero-order valence-electron chi connectivity index (χ0n) is 12.2. The van der Waals surface area contributed by atoms with Crippen LogP contribution >= 0.6 is 0 Å². The summed E-state index contributed by atoms with van der Waals surface area (Å²) >= 11 is 0. The molecule has 0 fully saturated rings. The van der Waals surface area contributed by atoms with E-state index in [1.54, 1.807) is 16.8 Å². The molecular weight excluding hydrogens is 264 g/mol. The normalized spacial score (nSPS) is 10.7. The maximum Gasteiger partial charge on any atom is 0.250 e. The summed E-state index contributed by atoms with van der Waals surface area (Å²) in [6.07, 6.45) is 4.55. The van der Waals surface area contributed by atoms with E-state index in [4.69, 9.17) is 10.5 Å². The van der Waals surface area contributed by atoms with Crippen LogP contribution in [0.2, 0.25) is 0 Å². The molecule has 4 nitrogen and oxygen atoms in total. The van der Waals surface area contributed by atoms with Gasteiger partial charge >= 0.3 is 0 Å². The molecule has 0 atom stereocenters. The first-order chi connectivity index (χ1) is 10.3. The third-order valence-corrected chi connectivity index (χ3v) is 3.29. The molecule has 0 spiro atoms. The number of rotatable bonds is 8. The van der Waals surface area contributed by atoms with E-state index in [0.29, 0.717) is 18.8 Å². The highest BCUT2D eigenvalue weighted by molar-refractivity contribution is 5.33. The lowest BCUT2D eigenvalue weighted by Gasteiger charge is -2.07. The van der Waals surface area contributed by atoms with Crippen molar-refractivity contribution in [2.75, 3.05) is 18.9 Å². The fourth-order valence-electron chi connectivity index (χ4n) is 2.19. The number of pyridine rings is 1. The van der Waals surface area contributed by atoms with Crippen LogP contribution < -0.4 is 11.3 Å². The van der Waals surface area contributed by atoms with Crippen molar-refractivity contribution in [3.05, 3.63) is 64.6 Å². The van der Waals surface area contributed by atoms with Gasteiger partial charge in [-0.05, 0) is 30.9 Å². The second-order valence-corrected chi connectivity index (χ2v) is 5.05. The van der Waals surface area contributed by atoms with Crippen LogP contribution in [0.3, 0.4) is 0 Å². The zero-order valence-corrected chi connectivity index (χ0v) is 12.2. The van der Waals surface area contributed by atoms with E-state index in [-0.39, 0.29) is 5.56 Å². The molecule has 0 saturated heterocycles. The number of nitrogens with two attached hydrogens (primary N) is 1. The molecule has 0 aliphatic rings. The van der Waals surface area contributed by atoms with Gasteiger partial charge in [-0.2, -0.15) is 0 Å². The van der Waals surface area contributed by atoms with Crippen molar-refractivity contribution in [3.8, 4) is 0 Å². The van der Waals surface area contributed by atoms with Crippen LogP contribution in [0.5, 0.6) is 0 Å². The van der Waals surface area contributed by atoms with Gasteiger partial charge in [0.2, 0.25) is 0 Å². The Bertz CT molecular complexity index is 593.